The van der Waals surface area contributed by atoms with Crippen LogP contribution in [0, 0.1) is 6.92 Å². The summed E-state index contributed by atoms with van der Waals surface area (Å²) in [6.45, 7) is 1.82. The molecule has 0 aromatic heterocycles. The molecule has 0 amide bonds. The molecule has 0 aliphatic rings. The van der Waals surface area contributed by atoms with Crippen molar-refractivity contribution in [2.24, 2.45) is 0 Å². The number of hydrogen-bond donors (Lipinski definition) is 2. The Hall–Kier alpha value is -2.67. The summed E-state index contributed by atoms with van der Waals surface area (Å²) in [6, 6.07) is 11.7. The summed E-state index contributed by atoms with van der Waals surface area (Å²) in [7, 11) is -3.91. The van der Waals surface area contributed by atoms with E-state index in [2.05, 4.69) is 4.72 Å². The maximum Gasteiger partial charge on any atom is 0.377 e. The molecule has 2 N–H and O–H groups in total. The van der Waals surface area contributed by atoms with Crippen LogP contribution in [-0.4, -0.2) is 25.3 Å². The zero-order valence-electron chi connectivity index (χ0n) is 11.6. The number of carboxylic acids is 1. The second-order valence-corrected chi connectivity index (χ2v) is 6.28. The smallest absolute Gasteiger partial charge is 0.377 e. The molecule has 0 saturated heterocycles. The summed E-state index contributed by atoms with van der Waals surface area (Å²) >= 11 is 0. The van der Waals surface area contributed by atoms with Crippen LogP contribution in [0.15, 0.2) is 53.4 Å². The molecule has 0 aliphatic heterocycles. The lowest BCUT2D eigenvalue weighted by Crippen LogP contribution is -2.19. The number of carbonyl (C=O) groups excluding carboxylic acids is 1. The first-order chi connectivity index (χ1) is 10.3. The zero-order valence-corrected chi connectivity index (χ0v) is 12.4. The summed E-state index contributed by atoms with van der Waals surface area (Å²) in [6.07, 6.45) is 0. The molecule has 2 aromatic rings. The van der Waals surface area contributed by atoms with E-state index in [1.54, 1.807) is 12.1 Å². The number of hydrogen-bond acceptors (Lipinski definition) is 4. The number of carboxylic acid groups (broad SMARTS) is 1. The fourth-order valence-electron chi connectivity index (χ4n) is 1.81. The number of carbonyl (C=O) groups is 2. The number of anilines is 1. The van der Waals surface area contributed by atoms with E-state index in [1.165, 1.54) is 36.4 Å². The average Bonchev–Trinajstić information content (AvgIpc) is 2.47. The molecule has 0 atom stereocenters. The minimum Gasteiger partial charge on any atom is -0.475 e. The number of Topliss-reactive ketones (excluding diaryl/α,β-unsaturated/α-hetero) is 1. The van der Waals surface area contributed by atoms with Gasteiger partial charge in [0.15, 0.2) is 0 Å². The third-order valence-electron chi connectivity index (χ3n) is 2.94. The quantitative estimate of drug-likeness (QED) is 0.649. The van der Waals surface area contributed by atoms with Gasteiger partial charge in [0.1, 0.15) is 0 Å². The van der Waals surface area contributed by atoms with Crippen LogP contribution in [0.3, 0.4) is 0 Å². The average molecular weight is 319 g/mol. The first-order valence-electron chi connectivity index (χ1n) is 6.27. The fourth-order valence-corrected chi connectivity index (χ4v) is 2.89. The molecule has 0 spiro atoms. The van der Waals surface area contributed by atoms with Gasteiger partial charge in [-0.2, -0.15) is 0 Å². The Morgan fingerprint density at radius 1 is 1.00 bits per heavy atom. The fraction of sp³-hybridized carbons (Fsp3) is 0.0667. The van der Waals surface area contributed by atoms with E-state index in [0.717, 1.165) is 5.56 Å². The minimum atomic E-state index is -3.91. The van der Waals surface area contributed by atoms with Crippen LogP contribution >= 0.6 is 0 Å². The lowest BCUT2D eigenvalue weighted by Gasteiger charge is -2.11. The number of aryl methyl sites for hydroxylation is 1. The summed E-state index contributed by atoms with van der Waals surface area (Å²) < 4.78 is 26.8. The molecule has 6 nitrogen and oxygen atoms in total. The van der Waals surface area contributed by atoms with Crippen molar-refractivity contribution in [3.8, 4) is 0 Å². The molecule has 2 rings (SSSR count). The largest absolute Gasteiger partial charge is 0.475 e. The Morgan fingerprint density at radius 2 is 1.59 bits per heavy atom. The molecular formula is C15H13NO5S. The van der Waals surface area contributed by atoms with Crippen LogP contribution in [0.4, 0.5) is 5.69 Å². The molecule has 22 heavy (non-hydrogen) atoms. The lowest BCUT2D eigenvalue weighted by molar-refractivity contribution is -0.131. The van der Waals surface area contributed by atoms with Crippen LogP contribution in [0.25, 0.3) is 0 Å². The molecule has 0 fully saturated rings. The van der Waals surface area contributed by atoms with Gasteiger partial charge in [0.2, 0.25) is 0 Å². The molecule has 0 bridgehead atoms. The summed E-state index contributed by atoms with van der Waals surface area (Å²) in [5.74, 6) is -2.83. The number of benzene rings is 2. The van der Waals surface area contributed by atoms with Gasteiger partial charge in [0.05, 0.1) is 16.1 Å². The third kappa shape index (κ3) is 3.32. The van der Waals surface area contributed by atoms with Gasteiger partial charge in [0.25, 0.3) is 15.8 Å². The van der Waals surface area contributed by atoms with Crippen LogP contribution in [0.2, 0.25) is 0 Å². The number of para-hydroxylation sites is 1. The predicted molar refractivity (Wildman–Crippen MR) is 80.4 cm³/mol. The van der Waals surface area contributed by atoms with E-state index in [9.17, 15) is 18.0 Å². The van der Waals surface area contributed by atoms with Crippen LogP contribution in [0.5, 0.6) is 0 Å². The molecule has 0 aliphatic carbocycles. The topological polar surface area (TPSA) is 101 Å². The van der Waals surface area contributed by atoms with Gasteiger partial charge in [-0.3, -0.25) is 9.52 Å². The Labute approximate surface area is 127 Å². The molecular weight excluding hydrogens is 306 g/mol. The van der Waals surface area contributed by atoms with E-state index >= 15 is 0 Å². The third-order valence-corrected chi connectivity index (χ3v) is 4.32. The van der Waals surface area contributed by atoms with Gasteiger partial charge < -0.3 is 5.11 Å². The van der Waals surface area contributed by atoms with Gasteiger partial charge in [-0.1, -0.05) is 29.8 Å². The molecule has 0 heterocycles. The van der Waals surface area contributed by atoms with Gasteiger partial charge in [-0.05, 0) is 31.2 Å². The number of sulfonamides is 1. The van der Waals surface area contributed by atoms with E-state index in [0.29, 0.717) is 0 Å². The first-order valence-corrected chi connectivity index (χ1v) is 7.76. The standard InChI is InChI=1S/C15H13NO5S/c1-10-6-8-11(9-7-10)22(20,21)16-13-5-3-2-4-12(13)14(17)15(18)19/h2-9,16H,1H3,(H,18,19). The Bertz CT molecular complexity index is 825. The Balaban J connectivity index is 2.40. The SMILES string of the molecule is Cc1ccc(S(=O)(=O)Nc2ccccc2C(=O)C(=O)O)cc1. The molecule has 0 unspecified atom stereocenters. The minimum absolute atomic E-state index is 0.0238. The monoisotopic (exact) mass is 319 g/mol. The number of rotatable bonds is 5. The molecule has 114 valence electrons. The number of aliphatic carboxylic acids is 1. The van der Waals surface area contributed by atoms with Crippen molar-refractivity contribution < 1.29 is 23.1 Å². The van der Waals surface area contributed by atoms with Crippen molar-refractivity contribution in [1.82, 2.24) is 0 Å². The summed E-state index contributed by atoms with van der Waals surface area (Å²) in [4.78, 5) is 22.4. The highest BCUT2D eigenvalue weighted by Gasteiger charge is 2.21. The van der Waals surface area contributed by atoms with E-state index in [-0.39, 0.29) is 16.1 Å². The highest BCUT2D eigenvalue weighted by molar-refractivity contribution is 7.92. The first kappa shape index (κ1) is 15.7. The molecule has 0 saturated carbocycles. The molecule has 2 aromatic carbocycles. The predicted octanol–water partition coefficient (Wildman–Crippen LogP) is 2.06. The van der Waals surface area contributed by atoms with Crippen LogP contribution in [0.1, 0.15) is 15.9 Å². The van der Waals surface area contributed by atoms with Gasteiger partial charge in [-0.15, -0.1) is 0 Å². The number of nitrogens with one attached hydrogen (secondary N) is 1. The highest BCUT2D eigenvalue weighted by atomic mass is 32.2. The van der Waals surface area contributed by atoms with Crippen molar-refractivity contribution in [3.63, 3.8) is 0 Å². The second kappa shape index (κ2) is 5.98. The maximum atomic E-state index is 12.3. The highest BCUT2D eigenvalue weighted by Crippen LogP contribution is 2.21. The van der Waals surface area contributed by atoms with Crippen LogP contribution < -0.4 is 4.72 Å². The van der Waals surface area contributed by atoms with E-state index < -0.39 is 21.8 Å². The van der Waals surface area contributed by atoms with Crippen molar-refractivity contribution in [2.75, 3.05) is 4.72 Å². The Kier molecular flexibility index (Phi) is 4.27. The summed E-state index contributed by atoms with van der Waals surface area (Å²) in [5.41, 5.74) is 0.613. The van der Waals surface area contributed by atoms with Crippen molar-refractivity contribution >= 4 is 27.5 Å². The van der Waals surface area contributed by atoms with Crippen molar-refractivity contribution in [3.05, 3.63) is 59.7 Å². The normalized spacial score (nSPS) is 11.0. The van der Waals surface area contributed by atoms with Crippen molar-refractivity contribution in [1.29, 1.82) is 0 Å². The lowest BCUT2D eigenvalue weighted by atomic mass is 10.1. The van der Waals surface area contributed by atoms with E-state index in [4.69, 9.17) is 5.11 Å². The molecule has 0 radical (unpaired) electrons. The molecule has 7 heteroatoms. The zero-order chi connectivity index (χ0) is 16.3. The van der Waals surface area contributed by atoms with Gasteiger partial charge in [-0.25, -0.2) is 13.2 Å². The van der Waals surface area contributed by atoms with Crippen molar-refractivity contribution in [2.45, 2.75) is 11.8 Å². The number of ketones is 1. The van der Waals surface area contributed by atoms with Crippen LogP contribution in [-0.2, 0) is 14.8 Å². The van der Waals surface area contributed by atoms with Gasteiger partial charge in [0, 0.05) is 0 Å². The summed E-state index contributed by atoms with van der Waals surface area (Å²) in [5, 5.41) is 8.78. The second-order valence-electron chi connectivity index (χ2n) is 4.60. The van der Waals surface area contributed by atoms with E-state index in [1.807, 2.05) is 6.92 Å². The van der Waals surface area contributed by atoms with Gasteiger partial charge >= 0.3 is 5.97 Å². The maximum absolute atomic E-state index is 12.3. The Morgan fingerprint density at radius 3 is 2.18 bits per heavy atom.